The number of rotatable bonds is 2. The molecule has 1 aromatic rings. The molecule has 2 heterocycles. The van der Waals surface area contributed by atoms with Crippen molar-refractivity contribution in [2.45, 2.75) is 31.0 Å². The number of aliphatic hydroxyl groups excluding tert-OH is 3. The first-order chi connectivity index (χ1) is 8.80. The first-order valence-electron chi connectivity index (χ1n) is 5.42. The van der Waals surface area contributed by atoms with Crippen LogP contribution in [0.4, 0.5) is 4.39 Å². The second kappa shape index (κ2) is 4.53. The highest BCUT2D eigenvalue weighted by atomic mass is 19.1. The maximum Gasteiger partial charge on any atom is 0.353 e. The van der Waals surface area contributed by atoms with Gasteiger partial charge in [0.2, 0.25) is 5.82 Å². The Balaban J connectivity index is 2.44. The maximum absolute atomic E-state index is 13.2. The van der Waals surface area contributed by atoms with Gasteiger partial charge in [0.15, 0.2) is 6.23 Å². The molecular weight excluding hydrogens is 263 g/mol. The molecular formula is C10H13FN2O6. The van der Waals surface area contributed by atoms with Gasteiger partial charge in [-0.25, -0.2) is 4.79 Å². The fourth-order valence-electron chi connectivity index (χ4n) is 1.90. The largest absolute Gasteiger partial charge is 0.491 e. The number of aromatic nitrogens is 2. The number of ether oxygens (including phenoxy) is 1. The zero-order chi connectivity index (χ0) is 14.4. The summed E-state index contributed by atoms with van der Waals surface area (Å²) in [6.45, 7) is 0.723. The van der Waals surface area contributed by atoms with E-state index in [1.807, 2.05) is 0 Å². The van der Waals surface area contributed by atoms with Crippen LogP contribution in [0, 0.1) is 5.82 Å². The smallest absolute Gasteiger partial charge is 0.353 e. The van der Waals surface area contributed by atoms with Crippen molar-refractivity contribution >= 4 is 0 Å². The second-order valence-electron chi connectivity index (χ2n) is 4.52. The molecule has 4 atom stereocenters. The number of hydrogen-bond acceptors (Lipinski definition) is 7. The molecule has 2 rings (SSSR count). The molecule has 0 aliphatic carbocycles. The summed E-state index contributed by atoms with van der Waals surface area (Å²) < 4.78 is 19.0. The topological polar surface area (TPSA) is 125 Å². The second-order valence-corrected chi connectivity index (χ2v) is 4.52. The summed E-state index contributed by atoms with van der Waals surface area (Å²) in [4.78, 5) is 14.5. The van der Waals surface area contributed by atoms with Crippen LogP contribution in [-0.2, 0) is 4.74 Å². The summed E-state index contributed by atoms with van der Waals surface area (Å²) in [6.07, 6.45) is -3.83. The normalized spacial score (nSPS) is 34.7. The number of halogens is 1. The summed E-state index contributed by atoms with van der Waals surface area (Å²) >= 11 is 0. The number of aromatic hydroxyl groups is 1. The molecule has 0 aromatic carbocycles. The van der Waals surface area contributed by atoms with Crippen molar-refractivity contribution in [2.75, 3.05) is 6.61 Å². The molecule has 0 amide bonds. The van der Waals surface area contributed by atoms with Gasteiger partial charge in [-0.1, -0.05) is 0 Å². The van der Waals surface area contributed by atoms with Gasteiger partial charge in [-0.05, 0) is 6.92 Å². The first-order valence-corrected chi connectivity index (χ1v) is 5.42. The molecule has 19 heavy (non-hydrogen) atoms. The van der Waals surface area contributed by atoms with E-state index in [-0.39, 0.29) is 0 Å². The third-order valence-electron chi connectivity index (χ3n) is 3.11. The molecule has 0 saturated carbocycles. The van der Waals surface area contributed by atoms with Gasteiger partial charge in [-0.2, -0.15) is 9.37 Å². The molecule has 0 spiro atoms. The van der Waals surface area contributed by atoms with Gasteiger partial charge in [0.05, 0.1) is 12.8 Å². The molecule has 1 aliphatic heterocycles. The summed E-state index contributed by atoms with van der Waals surface area (Å²) in [6, 6.07) is 0. The number of aliphatic hydroxyl groups is 3. The highest BCUT2D eigenvalue weighted by Crippen LogP contribution is 2.36. The van der Waals surface area contributed by atoms with Crippen LogP contribution in [-0.4, -0.2) is 54.4 Å². The molecule has 0 bridgehead atoms. The molecule has 1 aliphatic rings. The lowest BCUT2D eigenvalue weighted by atomic mass is 9.99. The minimum absolute atomic E-state index is 0.601. The third kappa shape index (κ3) is 2.10. The van der Waals surface area contributed by atoms with Crippen molar-refractivity contribution in [1.82, 2.24) is 9.55 Å². The SMILES string of the molecule is C[C@]1(CO)O[C@@H](n2cc(F)c(O)nc2=O)[C@@H](O)[C@@H]1O. The molecule has 4 N–H and O–H groups in total. The van der Waals surface area contributed by atoms with Gasteiger partial charge >= 0.3 is 5.69 Å². The Kier molecular flexibility index (Phi) is 3.31. The predicted octanol–water partition coefficient (Wildman–Crippen LogP) is -1.91. The Hall–Kier alpha value is -1.55. The van der Waals surface area contributed by atoms with E-state index in [2.05, 4.69) is 4.98 Å². The van der Waals surface area contributed by atoms with E-state index < -0.39 is 48.0 Å². The standard InChI is InChI=1S/C10H13FN2O6/c1-10(3-14)6(16)5(15)8(19-10)13-2-4(11)7(17)12-9(13)18/h2,5-6,8,14-16H,3H2,1H3,(H,12,17,18)/t5-,6-,8+,10+/m0/s1. The minimum Gasteiger partial charge on any atom is -0.491 e. The van der Waals surface area contributed by atoms with E-state index in [9.17, 15) is 19.4 Å². The zero-order valence-electron chi connectivity index (χ0n) is 9.89. The van der Waals surface area contributed by atoms with Crippen LogP contribution in [0.1, 0.15) is 13.2 Å². The summed E-state index contributed by atoms with van der Waals surface area (Å²) in [5.74, 6) is -2.25. The lowest BCUT2D eigenvalue weighted by Crippen LogP contribution is -2.43. The van der Waals surface area contributed by atoms with Crippen molar-refractivity contribution < 1.29 is 29.6 Å². The van der Waals surface area contributed by atoms with Gasteiger partial charge in [0.1, 0.15) is 17.8 Å². The van der Waals surface area contributed by atoms with Crippen molar-refractivity contribution in [3.8, 4) is 5.88 Å². The van der Waals surface area contributed by atoms with Gasteiger partial charge in [0.25, 0.3) is 5.88 Å². The van der Waals surface area contributed by atoms with E-state index in [1.54, 1.807) is 0 Å². The Bertz CT molecular complexity index is 549. The average molecular weight is 276 g/mol. The molecule has 8 nitrogen and oxygen atoms in total. The van der Waals surface area contributed by atoms with E-state index in [0.717, 1.165) is 0 Å². The zero-order valence-corrected chi connectivity index (χ0v) is 9.89. The maximum atomic E-state index is 13.2. The molecule has 1 aromatic heterocycles. The highest BCUT2D eigenvalue weighted by Gasteiger charge is 2.52. The Morgan fingerprint density at radius 3 is 2.74 bits per heavy atom. The van der Waals surface area contributed by atoms with Gasteiger partial charge < -0.3 is 25.2 Å². The lowest BCUT2D eigenvalue weighted by molar-refractivity contribution is -0.118. The lowest BCUT2D eigenvalue weighted by Gasteiger charge is -2.24. The van der Waals surface area contributed by atoms with Crippen molar-refractivity contribution in [3.63, 3.8) is 0 Å². The quantitative estimate of drug-likeness (QED) is 0.496. The Morgan fingerprint density at radius 1 is 1.58 bits per heavy atom. The molecule has 106 valence electrons. The molecule has 0 radical (unpaired) electrons. The fourth-order valence-corrected chi connectivity index (χ4v) is 1.90. The van der Waals surface area contributed by atoms with Gasteiger partial charge in [0, 0.05) is 0 Å². The summed E-state index contributed by atoms with van der Waals surface area (Å²) in [5.41, 5.74) is -2.55. The fraction of sp³-hybridized carbons (Fsp3) is 0.600. The number of nitrogens with zero attached hydrogens (tertiary/aromatic N) is 2. The summed E-state index contributed by atoms with van der Waals surface area (Å²) in [7, 11) is 0. The molecule has 9 heteroatoms. The first kappa shape index (κ1) is 13.9. The van der Waals surface area contributed by atoms with E-state index in [4.69, 9.17) is 14.9 Å². The monoisotopic (exact) mass is 276 g/mol. The van der Waals surface area contributed by atoms with Crippen molar-refractivity contribution in [3.05, 3.63) is 22.5 Å². The van der Waals surface area contributed by atoms with Crippen LogP contribution < -0.4 is 5.69 Å². The van der Waals surface area contributed by atoms with Crippen LogP contribution in [0.15, 0.2) is 11.0 Å². The average Bonchev–Trinajstić information content (AvgIpc) is 2.59. The van der Waals surface area contributed by atoms with Crippen molar-refractivity contribution in [1.29, 1.82) is 0 Å². The third-order valence-corrected chi connectivity index (χ3v) is 3.11. The van der Waals surface area contributed by atoms with Gasteiger partial charge in [-0.3, -0.25) is 4.57 Å². The number of hydrogen-bond donors (Lipinski definition) is 4. The summed E-state index contributed by atoms with van der Waals surface area (Å²) in [5, 5.41) is 37.6. The minimum atomic E-state index is -1.56. The van der Waals surface area contributed by atoms with E-state index in [0.29, 0.717) is 10.8 Å². The van der Waals surface area contributed by atoms with Crippen molar-refractivity contribution in [2.24, 2.45) is 0 Å². The Labute approximate surface area is 106 Å². The van der Waals surface area contributed by atoms with E-state index >= 15 is 0 Å². The molecule has 0 unspecified atom stereocenters. The van der Waals surface area contributed by atoms with Crippen LogP contribution in [0.2, 0.25) is 0 Å². The molecule has 1 fully saturated rings. The highest BCUT2D eigenvalue weighted by molar-refractivity contribution is 5.08. The van der Waals surface area contributed by atoms with Crippen LogP contribution >= 0.6 is 0 Å². The molecule has 1 saturated heterocycles. The Morgan fingerprint density at radius 2 is 2.21 bits per heavy atom. The predicted molar refractivity (Wildman–Crippen MR) is 57.7 cm³/mol. The van der Waals surface area contributed by atoms with E-state index in [1.165, 1.54) is 6.92 Å². The van der Waals surface area contributed by atoms with Crippen LogP contribution in [0.5, 0.6) is 5.88 Å². The van der Waals surface area contributed by atoms with Gasteiger partial charge in [-0.15, -0.1) is 0 Å². The van der Waals surface area contributed by atoms with Crippen LogP contribution in [0.25, 0.3) is 0 Å². The van der Waals surface area contributed by atoms with Crippen LogP contribution in [0.3, 0.4) is 0 Å².